The summed E-state index contributed by atoms with van der Waals surface area (Å²) in [7, 11) is 0. The number of nitrogens with zero attached hydrogens (tertiary/aromatic N) is 5. The van der Waals surface area contributed by atoms with Crippen molar-refractivity contribution in [2.45, 2.75) is 72.1 Å². The molecule has 1 aliphatic carbocycles. The molecule has 0 aliphatic heterocycles. The molecule has 0 atom stereocenters. The first kappa shape index (κ1) is 31.5. The van der Waals surface area contributed by atoms with Gasteiger partial charge >= 0.3 is 0 Å². The number of aryl methyl sites for hydroxylation is 2. The van der Waals surface area contributed by atoms with Crippen LogP contribution in [0.3, 0.4) is 0 Å². The van der Waals surface area contributed by atoms with Crippen molar-refractivity contribution in [2.75, 3.05) is 0 Å². The van der Waals surface area contributed by atoms with Crippen molar-refractivity contribution < 1.29 is 20.1 Å². The second-order valence-electron chi connectivity index (χ2n) is 14.1. The Labute approximate surface area is 289 Å². The Morgan fingerprint density at radius 1 is 0.915 bits per heavy atom. The fraction of sp³-hybridized carbons (Fsp3) is 0.293. The first-order valence-corrected chi connectivity index (χ1v) is 16.5. The van der Waals surface area contributed by atoms with Gasteiger partial charge in [-0.2, -0.15) is 0 Å². The molecule has 9 rings (SSSR count). The summed E-state index contributed by atoms with van der Waals surface area (Å²) in [5.41, 5.74) is 11.7. The molecular weight excluding hydrogens is 755 g/mol. The van der Waals surface area contributed by atoms with Crippen LogP contribution in [-0.4, -0.2) is 23.8 Å². The summed E-state index contributed by atoms with van der Waals surface area (Å²) in [6, 6.07) is 27.0. The minimum atomic E-state index is 0. The zero-order valence-corrected chi connectivity index (χ0v) is 30.1. The normalized spacial score (nSPS) is 14.0. The Hall–Kier alpha value is -4.12. The third-order valence-corrected chi connectivity index (χ3v) is 9.86. The first-order chi connectivity index (χ1) is 22.3. The molecule has 5 aromatic heterocycles. The molecule has 1 fully saturated rings. The van der Waals surface area contributed by atoms with Crippen molar-refractivity contribution in [3.05, 3.63) is 114 Å². The van der Waals surface area contributed by atoms with Gasteiger partial charge in [-0.25, -0.2) is 0 Å². The smallest absolute Gasteiger partial charge is 0.0662 e. The van der Waals surface area contributed by atoms with Gasteiger partial charge in [-0.1, -0.05) is 96.7 Å². The predicted octanol–water partition coefficient (Wildman–Crippen LogP) is 9.87. The van der Waals surface area contributed by atoms with E-state index >= 15 is 0 Å². The zero-order chi connectivity index (χ0) is 31.6. The molecule has 1 radical (unpaired) electrons. The van der Waals surface area contributed by atoms with Crippen molar-refractivity contribution in [3.8, 4) is 11.3 Å². The van der Waals surface area contributed by atoms with Crippen LogP contribution in [0.4, 0.5) is 0 Å². The summed E-state index contributed by atoms with van der Waals surface area (Å²) < 4.78 is 4.44. The minimum Gasteiger partial charge on any atom is -0.397 e. The minimum absolute atomic E-state index is 0. The Morgan fingerprint density at radius 3 is 2.45 bits per heavy atom. The van der Waals surface area contributed by atoms with Gasteiger partial charge in [-0.05, 0) is 57.8 Å². The molecule has 0 spiro atoms. The van der Waals surface area contributed by atoms with E-state index in [1.54, 1.807) is 0 Å². The van der Waals surface area contributed by atoms with Crippen LogP contribution in [0, 0.1) is 32.2 Å². The number of rotatable bonds is 3. The maximum atomic E-state index is 4.76. The molecule has 0 N–H and O–H groups in total. The Kier molecular flexibility index (Phi) is 8.14. The van der Waals surface area contributed by atoms with Crippen molar-refractivity contribution in [2.24, 2.45) is 5.92 Å². The van der Waals surface area contributed by atoms with Crippen LogP contribution >= 0.6 is 0 Å². The predicted molar refractivity (Wildman–Crippen MR) is 189 cm³/mol. The van der Waals surface area contributed by atoms with Crippen LogP contribution < -0.4 is 0 Å². The monoisotopic (exact) mass is 794 g/mol. The van der Waals surface area contributed by atoms with E-state index in [9.17, 15) is 0 Å². The summed E-state index contributed by atoms with van der Waals surface area (Å²) in [4.78, 5) is 13.8. The quantitative estimate of drug-likeness (QED) is 0.168. The number of para-hydroxylation sites is 1. The molecule has 0 bridgehead atoms. The molecule has 5 heterocycles. The molecule has 1 aliphatic rings. The number of hydrogen-bond acceptors (Lipinski definition) is 3. The second-order valence-corrected chi connectivity index (χ2v) is 14.1. The molecule has 8 aromatic rings. The van der Waals surface area contributed by atoms with Crippen LogP contribution in [0.5, 0.6) is 0 Å². The van der Waals surface area contributed by atoms with Gasteiger partial charge in [0.1, 0.15) is 0 Å². The van der Waals surface area contributed by atoms with Crippen LogP contribution in [0.1, 0.15) is 68.8 Å². The van der Waals surface area contributed by atoms with E-state index in [0.717, 1.165) is 34.2 Å². The number of hydrogen-bond donors (Lipinski definition) is 0. The molecule has 5 nitrogen and oxygen atoms in total. The SMILES string of the molecule is Cc1c[c-]c(-c2ccc(C(C)(C)C)cn2)cc1.Cc1n[c-]n2c3nccc4cc(CC5CCCC5)c5c6ccccc6n(c5c43)c12.[Ir]. The number of benzene rings is 3. The van der Waals surface area contributed by atoms with Crippen molar-refractivity contribution in [1.82, 2.24) is 23.8 Å². The summed E-state index contributed by atoms with van der Waals surface area (Å²) >= 11 is 0. The van der Waals surface area contributed by atoms with Crippen molar-refractivity contribution >= 4 is 43.9 Å². The van der Waals surface area contributed by atoms with Crippen LogP contribution in [0.2, 0.25) is 0 Å². The van der Waals surface area contributed by atoms with E-state index in [0.29, 0.717) is 0 Å². The fourth-order valence-electron chi connectivity index (χ4n) is 7.42. The summed E-state index contributed by atoms with van der Waals surface area (Å²) in [6.45, 7) is 10.7. The van der Waals surface area contributed by atoms with Crippen LogP contribution in [-0.2, 0) is 31.9 Å². The van der Waals surface area contributed by atoms with Gasteiger partial charge in [0.25, 0.3) is 0 Å². The maximum Gasteiger partial charge on any atom is 0.0662 e. The average Bonchev–Trinajstić information content (AvgIpc) is 3.79. The van der Waals surface area contributed by atoms with Crippen LogP contribution in [0.15, 0.2) is 79.1 Å². The molecule has 0 unspecified atom stereocenters. The Balaban J connectivity index is 0.000000169. The molecule has 3 aromatic carbocycles. The molecule has 0 saturated heterocycles. The van der Waals surface area contributed by atoms with Crippen LogP contribution in [0.25, 0.3) is 55.1 Å². The van der Waals surface area contributed by atoms with Crippen molar-refractivity contribution in [3.63, 3.8) is 0 Å². The molecular formula is C41H39IrN5-2. The molecule has 239 valence electrons. The van der Waals surface area contributed by atoms with Gasteiger partial charge < -0.3 is 18.8 Å². The van der Waals surface area contributed by atoms with Gasteiger partial charge in [0.15, 0.2) is 0 Å². The third-order valence-electron chi connectivity index (χ3n) is 9.86. The topological polar surface area (TPSA) is 47.5 Å². The largest absolute Gasteiger partial charge is 0.397 e. The molecule has 47 heavy (non-hydrogen) atoms. The Morgan fingerprint density at radius 2 is 1.72 bits per heavy atom. The first-order valence-electron chi connectivity index (χ1n) is 16.5. The van der Waals surface area contributed by atoms with E-state index in [2.05, 4.69) is 122 Å². The van der Waals surface area contributed by atoms with E-state index in [1.165, 1.54) is 81.4 Å². The van der Waals surface area contributed by atoms with Gasteiger partial charge in [-0.15, -0.1) is 35.4 Å². The second kappa shape index (κ2) is 12.2. The van der Waals surface area contributed by atoms with E-state index in [1.807, 2.05) is 22.9 Å². The van der Waals surface area contributed by atoms with Gasteiger partial charge in [0, 0.05) is 71.7 Å². The molecule has 6 heteroatoms. The summed E-state index contributed by atoms with van der Waals surface area (Å²) in [5.74, 6) is 0.808. The van der Waals surface area contributed by atoms with E-state index in [-0.39, 0.29) is 25.5 Å². The standard InChI is InChI=1S/C25H21N4.C16H18N.Ir/c1-15-25-28(14-27-15)24-22-17(10-11-26-24)13-18(12-16-6-2-3-7-16)21-19-8-4-5-9-20(19)29(25)23(21)22;1-12-5-7-13(8-6-12)15-10-9-14(11-17-15)16(2,3)4;/h4-5,8-11,13,16H,2-3,6-7,12H2,1H3;5-7,9-11H,1-4H3;/q2*-1;. The van der Waals surface area contributed by atoms with Gasteiger partial charge in [0.2, 0.25) is 0 Å². The molecule has 1 saturated carbocycles. The number of imidazole rings is 1. The number of pyridine rings is 2. The van der Waals surface area contributed by atoms with E-state index < -0.39 is 0 Å². The maximum absolute atomic E-state index is 4.76. The average molecular weight is 794 g/mol. The van der Waals surface area contributed by atoms with E-state index in [4.69, 9.17) is 4.98 Å². The fourth-order valence-corrected chi connectivity index (χ4v) is 7.42. The molecule has 0 amide bonds. The third kappa shape index (κ3) is 5.42. The zero-order valence-electron chi connectivity index (χ0n) is 27.7. The summed E-state index contributed by atoms with van der Waals surface area (Å²) in [5, 5.41) is 5.22. The van der Waals surface area contributed by atoms with Crippen molar-refractivity contribution in [1.29, 1.82) is 0 Å². The van der Waals surface area contributed by atoms with Gasteiger partial charge in [-0.3, -0.25) is 4.98 Å². The Bertz CT molecular complexity index is 2330. The number of fused-ring (bicyclic) bond motifs is 6. The summed E-state index contributed by atoms with van der Waals surface area (Å²) in [6.07, 6.45) is 13.7. The number of aromatic nitrogens is 5. The van der Waals surface area contributed by atoms with Gasteiger partial charge in [0.05, 0.1) is 5.65 Å².